The van der Waals surface area contributed by atoms with Crippen LogP contribution >= 0.6 is 0 Å². The van der Waals surface area contributed by atoms with E-state index in [9.17, 15) is 0 Å². The molecule has 0 radical (unpaired) electrons. The Bertz CT molecular complexity index is 177. The van der Waals surface area contributed by atoms with Crippen molar-refractivity contribution in [1.82, 2.24) is 4.90 Å². The summed E-state index contributed by atoms with van der Waals surface area (Å²) in [5.74, 6) is 0. The van der Waals surface area contributed by atoms with E-state index in [1.807, 2.05) is 0 Å². The molecule has 1 unspecified atom stereocenters. The predicted octanol–water partition coefficient (Wildman–Crippen LogP) is 3.02. The second-order valence-electron chi connectivity index (χ2n) is 5.38. The first-order valence-corrected chi connectivity index (χ1v) is 7.15. The van der Waals surface area contributed by atoms with Crippen LogP contribution in [-0.4, -0.2) is 30.6 Å². The molecule has 0 spiro atoms. The number of nitrogens with two attached hydrogens (primary N) is 1. The van der Waals surface area contributed by atoms with Crippen molar-refractivity contribution in [2.75, 3.05) is 19.6 Å². The summed E-state index contributed by atoms with van der Waals surface area (Å²) in [6.07, 6.45) is 7.91. The summed E-state index contributed by atoms with van der Waals surface area (Å²) in [6, 6.07) is 0.733. The first kappa shape index (κ1) is 14.0. The van der Waals surface area contributed by atoms with Gasteiger partial charge in [0.15, 0.2) is 0 Å². The van der Waals surface area contributed by atoms with Gasteiger partial charge in [0.2, 0.25) is 0 Å². The smallest absolute Gasteiger partial charge is 0.0105 e. The van der Waals surface area contributed by atoms with Crippen molar-refractivity contribution in [2.24, 2.45) is 11.1 Å². The Kier molecular flexibility index (Phi) is 5.77. The van der Waals surface area contributed by atoms with Crippen molar-refractivity contribution in [3.63, 3.8) is 0 Å². The zero-order chi connectivity index (χ0) is 12.0. The topological polar surface area (TPSA) is 29.3 Å². The van der Waals surface area contributed by atoms with Gasteiger partial charge in [0.1, 0.15) is 0 Å². The molecule has 2 N–H and O–H groups in total. The molecule has 1 heterocycles. The van der Waals surface area contributed by atoms with Gasteiger partial charge in [-0.15, -0.1) is 0 Å². The molecule has 1 rings (SSSR count). The number of likely N-dealkylation sites (tertiary alicyclic amines) is 1. The van der Waals surface area contributed by atoms with Crippen molar-refractivity contribution in [3.05, 3.63) is 0 Å². The molecule has 0 amide bonds. The second kappa shape index (κ2) is 6.61. The van der Waals surface area contributed by atoms with E-state index in [4.69, 9.17) is 5.73 Å². The van der Waals surface area contributed by atoms with Crippen molar-refractivity contribution in [1.29, 1.82) is 0 Å². The number of hydrogen-bond acceptors (Lipinski definition) is 2. The third-order valence-electron chi connectivity index (χ3n) is 4.85. The third kappa shape index (κ3) is 3.21. The molecule has 1 fully saturated rings. The van der Waals surface area contributed by atoms with Gasteiger partial charge in [-0.05, 0) is 50.7 Å². The number of nitrogens with zero attached hydrogens (tertiary/aromatic N) is 1. The van der Waals surface area contributed by atoms with Crippen LogP contribution in [0, 0.1) is 5.41 Å². The molecule has 96 valence electrons. The molecule has 2 nitrogen and oxygen atoms in total. The molecule has 0 saturated carbocycles. The highest BCUT2D eigenvalue weighted by atomic mass is 15.2. The zero-order valence-electron chi connectivity index (χ0n) is 11.5. The Morgan fingerprint density at radius 3 is 2.06 bits per heavy atom. The summed E-state index contributed by atoms with van der Waals surface area (Å²) in [4.78, 5) is 2.68. The van der Waals surface area contributed by atoms with Gasteiger partial charge in [-0.3, -0.25) is 0 Å². The van der Waals surface area contributed by atoms with Crippen LogP contribution < -0.4 is 5.73 Å². The molecule has 16 heavy (non-hydrogen) atoms. The molecule has 0 aromatic heterocycles. The Balaban J connectivity index is 2.46. The summed E-state index contributed by atoms with van der Waals surface area (Å²) < 4.78 is 0. The van der Waals surface area contributed by atoms with Crippen LogP contribution in [0.2, 0.25) is 0 Å². The van der Waals surface area contributed by atoms with Crippen molar-refractivity contribution < 1.29 is 0 Å². The second-order valence-corrected chi connectivity index (χ2v) is 5.38. The first-order chi connectivity index (χ1) is 7.71. The van der Waals surface area contributed by atoms with Crippen LogP contribution in [0.15, 0.2) is 0 Å². The Labute approximate surface area is 102 Å². The number of hydrogen-bond donors (Lipinski definition) is 1. The summed E-state index contributed by atoms with van der Waals surface area (Å²) in [5, 5.41) is 0. The highest BCUT2D eigenvalue weighted by molar-refractivity contribution is 4.86. The molecule has 2 heteroatoms. The normalized spacial score (nSPS) is 23.2. The Morgan fingerprint density at radius 1 is 1.12 bits per heavy atom. The maximum absolute atomic E-state index is 5.69. The number of piperidine rings is 1. The van der Waals surface area contributed by atoms with Gasteiger partial charge in [0.05, 0.1) is 0 Å². The van der Waals surface area contributed by atoms with Crippen molar-refractivity contribution >= 4 is 0 Å². The Morgan fingerprint density at radius 2 is 1.69 bits per heavy atom. The molecule has 0 aromatic rings. The van der Waals surface area contributed by atoms with E-state index < -0.39 is 0 Å². The van der Waals surface area contributed by atoms with Crippen LogP contribution in [0.5, 0.6) is 0 Å². The van der Waals surface area contributed by atoms with E-state index in [1.165, 1.54) is 51.6 Å². The quantitative estimate of drug-likeness (QED) is 0.754. The summed E-state index contributed by atoms with van der Waals surface area (Å²) in [5.41, 5.74) is 6.34. The molecule has 1 aliphatic heterocycles. The minimum Gasteiger partial charge on any atom is -0.330 e. The van der Waals surface area contributed by atoms with E-state index in [0.29, 0.717) is 5.41 Å². The molecule has 0 aliphatic carbocycles. The molecular formula is C14H30N2. The molecular weight excluding hydrogens is 196 g/mol. The van der Waals surface area contributed by atoms with E-state index in [-0.39, 0.29) is 0 Å². The van der Waals surface area contributed by atoms with Crippen molar-refractivity contribution in [2.45, 2.75) is 65.3 Å². The van der Waals surface area contributed by atoms with Gasteiger partial charge in [-0.1, -0.05) is 33.6 Å². The monoisotopic (exact) mass is 226 g/mol. The largest absolute Gasteiger partial charge is 0.330 e. The van der Waals surface area contributed by atoms with Crippen LogP contribution in [0.25, 0.3) is 0 Å². The molecule has 1 saturated heterocycles. The predicted molar refractivity (Wildman–Crippen MR) is 71.6 cm³/mol. The summed E-state index contributed by atoms with van der Waals surface area (Å²) in [6.45, 7) is 10.4. The lowest BCUT2D eigenvalue weighted by Gasteiger charge is -2.44. The Hall–Kier alpha value is -0.0800. The fourth-order valence-electron chi connectivity index (χ4n) is 3.16. The molecule has 1 atom stereocenters. The zero-order valence-corrected chi connectivity index (χ0v) is 11.5. The molecule has 1 aliphatic rings. The third-order valence-corrected chi connectivity index (χ3v) is 4.85. The molecule has 0 bridgehead atoms. The highest BCUT2D eigenvalue weighted by Crippen LogP contribution is 2.38. The standard InChI is InChI=1S/C14H30N2/c1-4-13(7-10-15)16-11-8-14(5-2,6-3)9-12-16/h13H,4-12,15H2,1-3H3. The van der Waals surface area contributed by atoms with Crippen LogP contribution in [0.3, 0.4) is 0 Å². The molecule has 0 aromatic carbocycles. The minimum absolute atomic E-state index is 0.650. The van der Waals surface area contributed by atoms with Crippen LogP contribution in [0.4, 0.5) is 0 Å². The lowest BCUT2D eigenvalue weighted by Crippen LogP contribution is -2.45. The number of rotatable bonds is 6. The first-order valence-electron chi connectivity index (χ1n) is 7.15. The lowest BCUT2D eigenvalue weighted by atomic mass is 9.74. The highest BCUT2D eigenvalue weighted by Gasteiger charge is 2.32. The summed E-state index contributed by atoms with van der Waals surface area (Å²) >= 11 is 0. The van der Waals surface area contributed by atoms with E-state index in [0.717, 1.165) is 12.6 Å². The minimum atomic E-state index is 0.650. The van der Waals surface area contributed by atoms with Gasteiger partial charge >= 0.3 is 0 Å². The van der Waals surface area contributed by atoms with Crippen LogP contribution in [0.1, 0.15) is 59.3 Å². The summed E-state index contributed by atoms with van der Waals surface area (Å²) in [7, 11) is 0. The SMILES string of the molecule is CCC(CCN)N1CCC(CC)(CC)CC1. The van der Waals surface area contributed by atoms with Gasteiger partial charge in [-0.25, -0.2) is 0 Å². The van der Waals surface area contributed by atoms with Gasteiger partial charge in [0, 0.05) is 6.04 Å². The van der Waals surface area contributed by atoms with Crippen molar-refractivity contribution in [3.8, 4) is 0 Å². The van der Waals surface area contributed by atoms with Gasteiger partial charge in [-0.2, -0.15) is 0 Å². The maximum atomic E-state index is 5.69. The van der Waals surface area contributed by atoms with Crippen LogP contribution in [-0.2, 0) is 0 Å². The van der Waals surface area contributed by atoms with E-state index in [2.05, 4.69) is 25.7 Å². The lowest BCUT2D eigenvalue weighted by molar-refractivity contribution is 0.0625. The van der Waals surface area contributed by atoms with Gasteiger partial charge in [0.25, 0.3) is 0 Å². The van der Waals surface area contributed by atoms with E-state index in [1.54, 1.807) is 0 Å². The average molecular weight is 226 g/mol. The fraction of sp³-hybridized carbons (Fsp3) is 1.00. The van der Waals surface area contributed by atoms with Gasteiger partial charge < -0.3 is 10.6 Å². The van der Waals surface area contributed by atoms with E-state index >= 15 is 0 Å². The fourth-order valence-corrected chi connectivity index (χ4v) is 3.16. The average Bonchev–Trinajstić information content (AvgIpc) is 2.36. The maximum Gasteiger partial charge on any atom is 0.0105 e.